The highest BCUT2D eigenvalue weighted by Gasteiger charge is 2.72. The lowest BCUT2D eigenvalue weighted by Gasteiger charge is -2.28. The van der Waals surface area contributed by atoms with Gasteiger partial charge in [-0.25, -0.2) is 0 Å². The lowest BCUT2D eigenvalue weighted by Crippen LogP contribution is -2.64. The second-order valence-electron chi connectivity index (χ2n) is 5.51. The molecule has 0 aromatic rings. The molecule has 3 nitrogen and oxygen atoms in total. The Bertz CT molecular complexity index is 329. The van der Waals surface area contributed by atoms with E-state index in [1.165, 1.54) is 0 Å². The van der Waals surface area contributed by atoms with Gasteiger partial charge in [0, 0.05) is 6.42 Å². The molecule has 0 aliphatic carbocycles. The third-order valence-corrected chi connectivity index (χ3v) is 4.39. The zero-order valence-electron chi connectivity index (χ0n) is 12.0. The van der Waals surface area contributed by atoms with Gasteiger partial charge in [0.2, 0.25) is 0 Å². The highest BCUT2D eigenvalue weighted by atomic mass is 28.4. The molecule has 0 spiro atoms. The van der Waals surface area contributed by atoms with Gasteiger partial charge < -0.3 is 16.2 Å². The van der Waals surface area contributed by atoms with Crippen LogP contribution in [0.4, 0.5) is 30.7 Å². The van der Waals surface area contributed by atoms with Crippen LogP contribution in [0.15, 0.2) is 0 Å². The maximum Gasteiger partial charge on any atom is 0.459 e. The van der Waals surface area contributed by atoms with Crippen LogP contribution in [0.5, 0.6) is 0 Å². The van der Waals surface area contributed by atoms with Crippen LogP contribution in [0.25, 0.3) is 0 Å². The van der Waals surface area contributed by atoms with Crippen molar-refractivity contribution < 1.29 is 30.7 Å². The summed E-state index contributed by atoms with van der Waals surface area (Å²) in [6, 6.07) is 0.503. The van der Waals surface area contributed by atoms with Crippen molar-refractivity contribution in [3.8, 4) is 0 Å². The average molecular weight is 357 g/mol. The highest BCUT2D eigenvalue weighted by molar-refractivity contribution is 6.70. The quantitative estimate of drug-likeness (QED) is 0.319. The van der Waals surface area contributed by atoms with Gasteiger partial charge in [-0.05, 0) is 12.5 Å². The molecule has 0 saturated carbocycles. The molecule has 0 rings (SSSR count). The molecule has 6 N–H and O–H groups in total. The topological polar surface area (TPSA) is 78.1 Å². The molecule has 0 aromatic carbocycles. The van der Waals surface area contributed by atoms with E-state index < -0.39 is 39.4 Å². The minimum Gasteiger partial charge on any atom is -0.327 e. The number of halogens is 7. The second kappa shape index (κ2) is 7.93. The van der Waals surface area contributed by atoms with Crippen LogP contribution in [-0.2, 0) is 0 Å². The molecular formula is C11H22F7N3Si. The van der Waals surface area contributed by atoms with E-state index in [2.05, 4.69) is 0 Å². The standard InChI is InChI=1S/C11H22F7N3Si/c12-9(13,10(14,15)11(16,17)18)7-5-3-1-2-4-6-8-22(19,20)21/h1-8,19-21H2. The molecule has 0 heterocycles. The first-order valence-electron chi connectivity index (χ1n) is 6.90. The summed E-state index contributed by atoms with van der Waals surface area (Å²) >= 11 is 0. The third-order valence-electron chi connectivity index (χ3n) is 3.17. The molecule has 0 radical (unpaired) electrons. The molecule has 22 heavy (non-hydrogen) atoms. The first kappa shape index (κ1) is 21.6. The molecule has 0 amide bonds. The normalized spacial score (nSPS) is 14.5. The molecule has 0 aromatic heterocycles. The maximum absolute atomic E-state index is 13.0. The van der Waals surface area contributed by atoms with E-state index in [-0.39, 0.29) is 6.42 Å². The molecule has 0 fully saturated rings. The fourth-order valence-corrected chi connectivity index (χ4v) is 2.71. The molecule has 0 unspecified atom stereocenters. The van der Waals surface area contributed by atoms with E-state index >= 15 is 0 Å². The van der Waals surface area contributed by atoms with Gasteiger partial charge in [-0.15, -0.1) is 0 Å². The van der Waals surface area contributed by atoms with Crippen LogP contribution in [-0.4, -0.2) is 26.6 Å². The number of unbranched alkanes of at least 4 members (excludes halogenated alkanes) is 5. The summed E-state index contributed by atoms with van der Waals surface area (Å²) in [5, 5.41) is 16.4. The van der Waals surface area contributed by atoms with E-state index in [1.807, 2.05) is 0 Å². The summed E-state index contributed by atoms with van der Waals surface area (Å²) in [6.45, 7) is 0. The van der Waals surface area contributed by atoms with Crippen LogP contribution in [0, 0.1) is 0 Å². The van der Waals surface area contributed by atoms with Crippen molar-refractivity contribution in [2.45, 2.75) is 69.0 Å². The summed E-state index contributed by atoms with van der Waals surface area (Å²) in [5.41, 5.74) is 0. The molecule has 0 bridgehead atoms. The van der Waals surface area contributed by atoms with Gasteiger partial charge in [-0.1, -0.05) is 32.1 Å². The van der Waals surface area contributed by atoms with Gasteiger partial charge in [0.25, 0.3) is 8.56 Å². The zero-order valence-corrected chi connectivity index (χ0v) is 13.0. The summed E-state index contributed by atoms with van der Waals surface area (Å²) in [6.07, 6.45) is -5.52. The van der Waals surface area contributed by atoms with Crippen LogP contribution in [0.1, 0.15) is 44.9 Å². The Morgan fingerprint density at radius 2 is 1.05 bits per heavy atom. The Balaban J connectivity index is 3.92. The van der Waals surface area contributed by atoms with E-state index in [1.54, 1.807) is 0 Å². The van der Waals surface area contributed by atoms with E-state index in [4.69, 9.17) is 16.2 Å². The molecule has 0 aliphatic rings. The summed E-state index contributed by atoms with van der Waals surface area (Å²) in [5.74, 6) is -11.1. The minimum absolute atomic E-state index is 0.153. The van der Waals surface area contributed by atoms with Gasteiger partial charge in [-0.3, -0.25) is 0 Å². The largest absolute Gasteiger partial charge is 0.459 e. The smallest absolute Gasteiger partial charge is 0.327 e. The van der Waals surface area contributed by atoms with Gasteiger partial charge in [0.1, 0.15) is 0 Å². The fraction of sp³-hybridized carbons (Fsp3) is 1.00. The predicted octanol–water partition coefficient (Wildman–Crippen LogP) is 3.37. The Kier molecular flexibility index (Phi) is 7.79. The van der Waals surface area contributed by atoms with Gasteiger partial charge in [0.15, 0.2) is 0 Å². The van der Waals surface area contributed by atoms with Crippen molar-refractivity contribution in [2.24, 2.45) is 16.2 Å². The van der Waals surface area contributed by atoms with Crippen LogP contribution >= 0.6 is 0 Å². The highest BCUT2D eigenvalue weighted by Crippen LogP contribution is 2.48. The summed E-state index contributed by atoms with van der Waals surface area (Å²) in [7, 11) is -2.59. The molecular weight excluding hydrogens is 335 g/mol. The number of alkyl halides is 7. The average Bonchev–Trinajstić information content (AvgIpc) is 2.29. The number of rotatable bonds is 10. The van der Waals surface area contributed by atoms with Crippen LogP contribution < -0.4 is 16.2 Å². The second-order valence-corrected chi connectivity index (χ2v) is 8.24. The van der Waals surface area contributed by atoms with Gasteiger partial charge in [0.05, 0.1) is 0 Å². The molecule has 0 saturated heterocycles. The number of nitrogens with two attached hydrogens (primary N) is 3. The van der Waals surface area contributed by atoms with Crippen molar-refractivity contribution in [1.82, 2.24) is 0 Å². The van der Waals surface area contributed by atoms with Crippen molar-refractivity contribution in [3.05, 3.63) is 0 Å². The third kappa shape index (κ3) is 7.25. The Labute approximate surface area is 125 Å². The van der Waals surface area contributed by atoms with Crippen molar-refractivity contribution in [3.63, 3.8) is 0 Å². The SMILES string of the molecule is N[Si](N)(N)CCCCCCCCC(F)(F)C(F)(F)C(F)(F)F. The fourth-order valence-electron chi connectivity index (χ4n) is 1.85. The molecule has 0 atom stereocenters. The monoisotopic (exact) mass is 357 g/mol. The molecule has 11 heteroatoms. The molecule has 0 aliphatic heterocycles. The van der Waals surface area contributed by atoms with E-state index in [9.17, 15) is 30.7 Å². The van der Waals surface area contributed by atoms with E-state index in [0.29, 0.717) is 31.7 Å². The Hall–Kier alpha value is -0.393. The van der Waals surface area contributed by atoms with E-state index in [0.717, 1.165) is 0 Å². The Morgan fingerprint density at radius 1 is 0.636 bits per heavy atom. The first-order chi connectivity index (χ1) is 9.71. The predicted molar refractivity (Wildman–Crippen MR) is 71.4 cm³/mol. The minimum atomic E-state index is -6.25. The number of hydrogen-bond donors (Lipinski definition) is 3. The maximum atomic E-state index is 13.0. The van der Waals surface area contributed by atoms with Crippen LogP contribution in [0.3, 0.4) is 0 Å². The number of hydrogen-bond acceptors (Lipinski definition) is 3. The Morgan fingerprint density at radius 3 is 1.45 bits per heavy atom. The molecule has 134 valence electrons. The lowest BCUT2D eigenvalue weighted by molar-refractivity contribution is -0.355. The van der Waals surface area contributed by atoms with Crippen molar-refractivity contribution in [1.29, 1.82) is 0 Å². The van der Waals surface area contributed by atoms with Crippen molar-refractivity contribution in [2.75, 3.05) is 0 Å². The lowest BCUT2D eigenvalue weighted by atomic mass is 10.0. The van der Waals surface area contributed by atoms with Gasteiger partial charge in [-0.2, -0.15) is 30.7 Å². The zero-order chi connectivity index (χ0) is 17.7. The van der Waals surface area contributed by atoms with Crippen LogP contribution in [0.2, 0.25) is 6.04 Å². The summed E-state index contributed by atoms with van der Waals surface area (Å²) in [4.78, 5) is 0. The van der Waals surface area contributed by atoms with Gasteiger partial charge >= 0.3 is 18.0 Å². The first-order valence-corrected chi connectivity index (χ1v) is 9.34. The van der Waals surface area contributed by atoms with Crippen molar-refractivity contribution >= 4 is 8.56 Å². The summed E-state index contributed by atoms with van der Waals surface area (Å²) < 4.78 is 86.7.